The van der Waals surface area contributed by atoms with Gasteiger partial charge in [0.2, 0.25) is 17.8 Å². The molecule has 44 heavy (non-hydrogen) atoms. The van der Waals surface area contributed by atoms with Gasteiger partial charge in [0.05, 0.1) is 23.6 Å². The van der Waals surface area contributed by atoms with Crippen molar-refractivity contribution in [2.24, 2.45) is 5.92 Å². The molecule has 0 spiro atoms. The van der Waals surface area contributed by atoms with Gasteiger partial charge in [-0.25, -0.2) is 24.7 Å². The van der Waals surface area contributed by atoms with Gasteiger partial charge in [0.25, 0.3) is 0 Å². The van der Waals surface area contributed by atoms with E-state index < -0.39 is 0 Å². The van der Waals surface area contributed by atoms with Gasteiger partial charge in [-0.1, -0.05) is 0 Å². The third-order valence-electron chi connectivity index (χ3n) is 8.83. The van der Waals surface area contributed by atoms with Crippen LogP contribution in [-0.2, 0) is 16.1 Å². The second-order valence-electron chi connectivity index (χ2n) is 12.3. The number of likely N-dealkylation sites (N-methyl/N-ethyl adjacent to an activating group) is 1. The van der Waals surface area contributed by atoms with Gasteiger partial charge in [0, 0.05) is 55.2 Å². The van der Waals surface area contributed by atoms with Gasteiger partial charge < -0.3 is 9.72 Å². The van der Waals surface area contributed by atoms with Crippen LogP contribution in [0.2, 0.25) is 0 Å². The lowest BCUT2D eigenvalue weighted by molar-refractivity contribution is -0.124. The summed E-state index contributed by atoms with van der Waals surface area (Å²) in [4.78, 5) is 63.8. The summed E-state index contributed by atoms with van der Waals surface area (Å²) in [6, 6.07) is 5.43. The molecule has 224 valence electrons. The molecule has 5 heterocycles. The molecule has 2 atom stereocenters. The van der Waals surface area contributed by atoms with Crippen molar-refractivity contribution >= 4 is 40.9 Å². The number of urea groups is 1. The quantitative estimate of drug-likeness (QED) is 0.277. The molecule has 0 bridgehead atoms. The number of amides is 4. The fourth-order valence-electron chi connectivity index (χ4n) is 5.86. The minimum Gasteiger partial charge on any atom is -0.364 e. The standard InChI is InChI=1S/C31H32N10O3/c1-16-7-8-32-27(34-16)21-10-22(21)29(43)38-30-36-23(18-5-6-18)11-25(37-30)33-12-20-14-40-13-19(17-3-4-17)9-24(28(40)35-20)41-15-26(42)39(2)31(41)44/h7-9,11,13-14,17-18,21-22H,3-6,10,12,15H2,1-2H3,(H2,33,36,37,38,43)/t21-,22-/m0/s1. The van der Waals surface area contributed by atoms with Gasteiger partial charge in [-0.05, 0) is 62.6 Å². The summed E-state index contributed by atoms with van der Waals surface area (Å²) in [5.41, 5.74) is 4.93. The molecule has 3 aliphatic carbocycles. The summed E-state index contributed by atoms with van der Waals surface area (Å²) < 4.78 is 1.95. The molecule has 0 radical (unpaired) electrons. The number of hydrogen-bond acceptors (Lipinski definition) is 9. The number of anilines is 3. The van der Waals surface area contributed by atoms with Crippen LogP contribution in [0, 0.1) is 12.8 Å². The lowest BCUT2D eigenvalue weighted by atomic mass is 10.1. The summed E-state index contributed by atoms with van der Waals surface area (Å²) in [7, 11) is 1.50. The lowest BCUT2D eigenvalue weighted by Gasteiger charge is -2.17. The van der Waals surface area contributed by atoms with Crippen molar-refractivity contribution in [2.75, 3.05) is 29.1 Å². The van der Waals surface area contributed by atoms with Crippen LogP contribution in [0.1, 0.15) is 78.3 Å². The van der Waals surface area contributed by atoms with Gasteiger partial charge >= 0.3 is 6.03 Å². The van der Waals surface area contributed by atoms with E-state index in [1.165, 1.54) is 11.9 Å². The molecule has 1 aliphatic heterocycles. The number of carbonyl (C=O) groups excluding carboxylic acids is 3. The number of nitrogens with one attached hydrogen (secondary N) is 2. The Morgan fingerprint density at radius 2 is 1.84 bits per heavy atom. The smallest absolute Gasteiger partial charge is 0.331 e. The number of nitrogens with zero attached hydrogens (tertiary/aromatic N) is 8. The first-order valence-corrected chi connectivity index (χ1v) is 15.1. The molecule has 4 aromatic heterocycles. The molecule has 0 unspecified atom stereocenters. The fourth-order valence-corrected chi connectivity index (χ4v) is 5.86. The first-order chi connectivity index (χ1) is 21.3. The van der Waals surface area contributed by atoms with Crippen LogP contribution in [0.5, 0.6) is 0 Å². The summed E-state index contributed by atoms with van der Waals surface area (Å²) in [6.45, 7) is 2.29. The maximum absolute atomic E-state index is 13.1. The Labute approximate surface area is 253 Å². The first-order valence-electron chi connectivity index (χ1n) is 15.1. The van der Waals surface area contributed by atoms with Gasteiger partial charge in [0.15, 0.2) is 5.65 Å². The summed E-state index contributed by atoms with van der Waals surface area (Å²) in [5.74, 6) is 1.85. The maximum Gasteiger partial charge on any atom is 0.331 e. The van der Waals surface area contributed by atoms with Crippen molar-refractivity contribution in [3.8, 4) is 0 Å². The molecule has 13 nitrogen and oxygen atoms in total. The summed E-state index contributed by atoms with van der Waals surface area (Å²) >= 11 is 0. The monoisotopic (exact) mass is 592 g/mol. The highest BCUT2D eigenvalue weighted by Gasteiger charge is 2.46. The lowest BCUT2D eigenvalue weighted by Crippen LogP contribution is -2.30. The molecule has 4 amide bonds. The van der Waals surface area contributed by atoms with E-state index in [4.69, 9.17) is 4.98 Å². The van der Waals surface area contributed by atoms with E-state index in [9.17, 15) is 14.4 Å². The molecule has 4 aromatic rings. The highest BCUT2D eigenvalue weighted by molar-refractivity contribution is 6.13. The van der Waals surface area contributed by atoms with E-state index in [1.807, 2.05) is 35.7 Å². The average Bonchev–Trinajstić information content (AvgIpc) is 3.89. The number of carbonyl (C=O) groups is 3. The van der Waals surface area contributed by atoms with E-state index in [1.54, 1.807) is 6.20 Å². The Kier molecular flexibility index (Phi) is 6.10. The predicted molar refractivity (Wildman–Crippen MR) is 160 cm³/mol. The second-order valence-corrected chi connectivity index (χ2v) is 12.3. The van der Waals surface area contributed by atoms with Crippen molar-refractivity contribution in [3.05, 3.63) is 65.3 Å². The Morgan fingerprint density at radius 1 is 1.02 bits per heavy atom. The van der Waals surface area contributed by atoms with Crippen LogP contribution in [0.25, 0.3) is 5.65 Å². The van der Waals surface area contributed by atoms with E-state index in [0.29, 0.717) is 47.8 Å². The van der Waals surface area contributed by atoms with Gasteiger partial charge in [-0.2, -0.15) is 4.98 Å². The number of hydrogen-bond donors (Lipinski definition) is 2. The van der Waals surface area contributed by atoms with Gasteiger partial charge in [-0.15, -0.1) is 0 Å². The number of aryl methyl sites for hydroxylation is 1. The molecule has 4 aliphatic rings. The van der Waals surface area contributed by atoms with Crippen molar-refractivity contribution in [2.45, 2.75) is 63.3 Å². The molecule has 4 fully saturated rings. The largest absolute Gasteiger partial charge is 0.364 e. The Balaban J connectivity index is 1.02. The number of pyridine rings is 1. The molecular formula is C31H32N10O3. The van der Waals surface area contributed by atoms with Crippen molar-refractivity contribution in [3.63, 3.8) is 0 Å². The van der Waals surface area contributed by atoms with Crippen LogP contribution < -0.4 is 15.5 Å². The Bertz CT molecular complexity index is 1850. The zero-order valence-corrected chi connectivity index (χ0v) is 24.5. The number of fused-ring (bicyclic) bond motifs is 1. The first kappa shape index (κ1) is 26.7. The number of rotatable bonds is 9. The Morgan fingerprint density at radius 3 is 2.57 bits per heavy atom. The second kappa shape index (κ2) is 10.1. The summed E-state index contributed by atoms with van der Waals surface area (Å²) in [6.07, 6.45) is 10.8. The normalized spacial score (nSPS) is 21.3. The predicted octanol–water partition coefficient (Wildman–Crippen LogP) is 3.73. The molecule has 1 saturated heterocycles. The molecule has 8 rings (SSSR count). The van der Waals surface area contributed by atoms with Gasteiger partial charge in [0.1, 0.15) is 18.2 Å². The van der Waals surface area contributed by atoms with E-state index in [0.717, 1.165) is 53.2 Å². The molecule has 2 N–H and O–H groups in total. The topological polar surface area (TPSA) is 151 Å². The Hall–Kier alpha value is -4.94. The number of imidazole rings is 1. The van der Waals surface area contributed by atoms with Gasteiger partial charge in [-0.3, -0.25) is 24.7 Å². The number of imide groups is 1. The fraction of sp³-hybridized carbons (Fsp3) is 0.419. The summed E-state index contributed by atoms with van der Waals surface area (Å²) in [5, 5.41) is 6.29. The number of aromatic nitrogens is 6. The van der Waals surface area contributed by atoms with Crippen molar-refractivity contribution < 1.29 is 14.4 Å². The molecule has 13 heteroatoms. The van der Waals surface area contributed by atoms with E-state index in [-0.39, 0.29) is 42.2 Å². The highest BCUT2D eigenvalue weighted by Crippen LogP contribution is 2.47. The van der Waals surface area contributed by atoms with Crippen LogP contribution in [0.4, 0.5) is 22.2 Å². The zero-order chi connectivity index (χ0) is 30.1. The SMILES string of the molecule is Cc1ccnc([C@H]2C[C@@H]2C(=O)Nc2nc(NCc3cn4cc(C5CC5)cc(N5CC(=O)N(C)C5=O)c4n3)cc(C3CC3)n2)n1. The minimum atomic E-state index is -0.348. The molecule has 0 aromatic carbocycles. The van der Waals surface area contributed by atoms with Crippen LogP contribution in [-0.4, -0.2) is 65.7 Å². The maximum atomic E-state index is 13.1. The zero-order valence-electron chi connectivity index (χ0n) is 24.5. The molecule has 3 saturated carbocycles. The third kappa shape index (κ3) is 5.01. The van der Waals surface area contributed by atoms with Crippen LogP contribution in [0.15, 0.2) is 36.8 Å². The van der Waals surface area contributed by atoms with Crippen LogP contribution >= 0.6 is 0 Å². The van der Waals surface area contributed by atoms with Crippen molar-refractivity contribution in [1.29, 1.82) is 0 Å². The van der Waals surface area contributed by atoms with E-state index >= 15 is 0 Å². The minimum absolute atomic E-state index is 0.00144. The van der Waals surface area contributed by atoms with Crippen molar-refractivity contribution in [1.82, 2.24) is 34.2 Å². The van der Waals surface area contributed by atoms with Crippen LogP contribution in [0.3, 0.4) is 0 Å². The third-order valence-corrected chi connectivity index (χ3v) is 8.83. The average molecular weight is 593 g/mol. The van der Waals surface area contributed by atoms with E-state index in [2.05, 4.69) is 36.8 Å². The molecular weight excluding hydrogens is 560 g/mol. The highest BCUT2D eigenvalue weighted by atomic mass is 16.2.